The van der Waals surface area contributed by atoms with Gasteiger partial charge in [0.15, 0.2) is 5.76 Å². The Morgan fingerprint density at radius 2 is 1.09 bits per heavy atom. The van der Waals surface area contributed by atoms with E-state index >= 15 is 0 Å². The first-order valence-electron chi connectivity index (χ1n) is 15.8. The van der Waals surface area contributed by atoms with Crippen molar-refractivity contribution in [2.75, 3.05) is 4.90 Å². The SMILES string of the molecule is c1ccc(-c2ccc(N(c3ccc(-c4nc5c(o4)-c4cccc6cccc-5c46)cc3)c3ccc4c(c3)oc3ccccc34)cc2)cc1. The zero-order chi connectivity index (χ0) is 30.9. The van der Waals surface area contributed by atoms with Crippen LogP contribution in [0.3, 0.4) is 0 Å². The molecule has 0 spiro atoms. The summed E-state index contributed by atoms with van der Waals surface area (Å²) in [4.78, 5) is 7.25. The Labute approximate surface area is 270 Å². The molecule has 4 nitrogen and oxygen atoms in total. The van der Waals surface area contributed by atoms with E-state index in [9.17, 15) is 0 Å². The summed E-state index contributed by atoms with van der Waals surface area (Å²) in [5, 5.41) is 4.65. The molecule has 0 unspecified atom stereocenters. The molecule has 4 heteroatoms. The van der Waals surface area contributed by atoms with Gasteiger partial charge in [-0.3, -0.25) is 0 Å². The minimum absolute atomic E-state index is 0.621. The summed E-state index contributed by atoms with van der Waals surface area (Å²) in [7, 11) is 0. The van der Waals surface area contributed by atoms with Gasteiger partial charge in [0.2, 0.25) is 5.89 Å². The van der Waals surface area contributed by atoms with E-state index in [2.05, 4.69) is 144 Å². The standard InChI is InChI=1S/C43H26N2O2/c1-2-8-27(9-3-1)28-16-20-31(21-17-28)45(33-24-25-35-34-12-4-5-15-38(34)46-39(35)26-33)32-22-18-30(19-23-32)43-44-41-36-13-6-10-29-11-7-14-37(40(29)36)42(41)47-43/h1-26H. The van der Waals surface area contributed by atoms with Gasteiger partial charge >= 0.3 is 0 Å². The number of benzene rings is 7. The van der Waals surface area contributed by atoms with Gasteiger partial charge in [-0.2, -0.15) is 0 Å². The molecule has 0 fully saturated rings. The summed E-state index contributed by atoms with van der Waals surface area (Å²) < 4.78 is 12.7. The van der Waals surface area contributed by atoms with Crippen LogP contribution in [-0.2, 0) is 0 Å². The van der Waals surface area contributed by atoms with Crippen LogP contribution in [0.25, 0.3) is 77.9 Å². The monoisotopic (exact) mass is 602 g/mol. The average Bonchev–Trinajstić information content (AvgIpc) is 3.82. The van der Waals surface area contributed by atoms with Crippen LogP contribution in [0.5, 0.6) is 0 Å². The predicted octanol–water partition coefficient (Wildman–Crippen LogP) is 12.2. The molecule has 0 radical (unpaired) electrons. The molecule has 0 aliphatic heterocycles. The largest absolute Gasteiger partial charge is 0.456 e. The molecule has 0 saturated heterocycles. The van der Waals surface area contributed by atoms with Gasteiger partial charge in [0.05, 0.1) is 0 Å². The fourth-order valence-electron chi connectivity index (χ4n) is 7.02. The molecule has 1 aliphatic rings. The molecular weight excluding hydrogens is 576 g/mol. The predicted molar refractivity (Wildman–Crippen MR) is 191 cm³/mol. The van der Waals surface area contributed by atoms with Crippen LogP contribution in [0, 0.1) is 0 Å². The highest BCUT2D eigenvalue weighted by Crippen LogP contribution is 2.48. The van der Waals surface area contributed by atoms with E-state index in [4.69, 9.17) is 13.8 Å². The Morgan fingerprint density at radius 1 is 0.447 bits per heavy atom. The molecule has 7 aromatic carbocycles. The fraction of sp³-hybridized carbons (Fsp3) is 0. The summed E-state index contributed by atoms with van der Waals surface area (Å²) in [5.41, 5.74) is 11.3. The highest BCUT2D eigenvalue weighted by molar-refractivity contribution is 6.13. The second-order valence-corrected chi connectivity index (χ2v) is 12.0. The van der Waals surface area contributed by atoms with Gasteiger partial charge < -0.3 is 13.7 Å². The second kappa shape index (κ2) is 10.1. The number of hydrogen-bond acceptors (Lipinski definition) is 4. The zero-order valence-corrected chi connectivity index (χ0v) is 25.2. The van der Waals surface area contributed by atoms with Crippen molar-refractivity contribution in [2.24, 2.45) is 0 Å². The van der Waals surface area contributed by atoms with Crippen LogP contribution in [0.2, 0.25) is 0 Å². The summed E-state index contributed by atoms with van der Waals surface area (Å²) in [6.07, 6.45) is 0. The molecule has 220 valence electrons. The molecular formula is C43H26N2O2. The van der Waals surface area contributed by atoms with Crippen LogP contribution in [0.15, 0.2) is 167 Å². The van der Waals surface area contributed by atoms with Crippen LogP contribution in [0.1, 0.15) is 0 Å². The van der Waals surface area contributed by atoms with Crippen molar-refractivity contribution in [3.8, 4) is 45.2 Å². The number of furan rings is 1. The highest BCUT2D eigenvalue weighted by Gasteiger charge is 2.28. The highest BCUT2D eigenvalue weighted by atomic mass is 16.4. The zero-order valence-electron chi connectivity index (χ0n) is 25.2. The van der Waals surface area contributed by atoms with E-state index in [0.29, 0.717) is 5.89 Å². The topological polar surface area (TPSA) is 42.4 Å². The Balaban J connectivity index is 1.06. The molecule has 2 aromatic heterocycles. The third-order valence-electron chi connectivity index (χ3n) is 9.26. The quantitative estimate of drug-likeness (QED) is 0.197. The Hall–Kier alpha value is -6.39. The lowest BCUT2D eigenvalue weighted by Crippen LogP contribution is -2.09. The lowest BCUT2D eigenvalue weighted by atomic mass is 10.0. The van der Waals surface area contributed by atoms with Gasteiger partial charge in [0, 0.05) is 56.0 Å². The Kier molecular flexibility index (Phi) is 5.54. The minimum Gasteiger partial charge on any atom is -0.456 e. The molecule has 10 rings (SSSR count). The molecule has 0 amide bonds. The van der Waals surface area contributed by atoms with Crippen molar-refractivity contribution in [2.45, 2.75) is 0 Å². The lowest BCUT2D eigenvalue weighted by molar-refractivity contribution is 0.590. The number of aromatic nitrogens is 1. The van der Waals surface area contributed by atoms with Crippen molar-refractivity contribution >= 4 is 49.8 Å². The van der Waals surface area contributed by atoms with E-state index in [1.165, 1.54) is 21.9 Å². The number of fused-ring (bicyclic) bond motifs is 6. The molecule has 0 bridgehead atoms. The van der Waals surface area contributed by atoms with E-state index in [1.54, 1.807) is 0 Å². The number of hydrogen-bond donors (Lipinski definition) is 0. The molecule has 1 aliphatic carbocycles. The first-order chi connectivity index (χ1) is 23.3. The van der Waals surface area contributed by atoms with Crippen LogP contribution in [0.4, 0.5) is 17.1 Å². The summed E-state index contributed by atoms with van der Waals surface area (Å²) >= 11 is 0. The van der Waals surface area contributed by atoms with E-state index in [1.807, 2.05) is 18.2 Å². The van der Waals surface area contributed by atoms with Gasteiger partial charge in [-0.05, 0) is 71.1 Å². The van der Waals surface area contributed by atoms with Crippen molar-refractivity contribution in [3.63, 3.8) is 0 Å². The average molecular weight is 603 g/mol. The van der Waals surface area contributed by atoms with Crippen molar-refractivity contribution in [1.82, 2.24) is 4.98 Å². The fourth-order valence-corrected chi connectivity index (χ4v) is 7.02. The maximum atomic E-state index is 6.45. The van der Waals surface area contributed by atoms with E-state index in [-0.39, 0.29) is 0 Å². The maximum absolute atomic E-state index is 6.45. The number of nitrogens with zero attached hydrogens (tertiary/aromatic N) is 2. The van der Waals surface area contributed by atoms with Gasteiger partial charge in [0.25, 0.3) is 0 Å². The van der Waals surface area contributed by atoms with Crippen molar-refractivity contribution < 1.29 is 8.83 Å². The summed E-state index contributed by atoms with van der Waals surface area (Å²) in [6.45, 7) is 0. The van der Waals surface area contributed by atoms with E-state index < -0.39 is 0 Å². The third-order valence-corrected chi connectivity index (χ3v) is 9.26. The van der Waals surface area contributed by atoms with Crippen molar-refractivity contribution in [1.29, 1.82) is 0 Å². The van der Waals surface area contributed by atoms with Gasteiger partial charge in [-0.15, -0.1) is 0 Å². The molecule has 2 heterocycles. The van der Waals surface area contributed by atoms with Gasteiger partial charge in [0.1, 0.15) is 16.9 Å². The molecule has 0 N–H and O–H groups in total. The second-order valence-electron chi connectivity index (χ2n) is 12.0. The summed E-state index contributed by atoms with van der Waals surface area (Å²) in [5.74, 6) is 1.46. The third kappa shape index (κ3) is 4.05. The number of rotatable bonds is 5. The number of anilines is 3. The number of oxazole rings is 1. The van der Waals surface area contributed by atoms with Crippen LogP contribution in [-0.4, -0.2) is 4.98 Å². The van der Waals surface area contributed by atoms with Gasteiger partial charge in [-0.1, -0.05) is 97.1 Å². The summed E-state index contributed by atoms with van der Waals surface area (Å²) in [6, 6.07) is 55.0. The Bertz CT molecular complexity index is 2560. The minimum atomic E-state index is 0.621. The molecule has 47 heavy (non-hydrogen) atoms. The van der Waals surface area contributed by atoms with Crippen LogP contribution >= 0.6 is 0 Å². The Morgan fingerprint density at radius 3 is 1.87 bits per heavy atom. The van der Waals surface area contributed by atoms with E-state index in [0.717, 1.165) is 67.1 Å². The molecule has 0 atom stereocenters. The smallest absolute Gasteiger partial charge is 0.227 e. The maximum Gasteiger partial charge on any atom is 0.227 e. The van der Waals surface area contributed by atoms with Crippen molar-refractivity contribution in [3.05, 3.63) is 158 Å². The number of para-hydroxylation sites is 1. The first kappa shape index (κ1) is 25.9. The molecule has 9 aromatic rings. The first-order valence-corrected chi connectivity index (χ1v) is 15.8. The normalized spacial score (nSPS) is 11.8. The lowest BCUT2D eigenvalue weighted by Gasteiger charge is -2.26. The van der Waals surface area contributed by atoms with Crippen LogP contribution < -0.4 is 4.90 Å². The molecule has 0 saturated carbocycles. The van der Waals surface area contributed by atoms with Gasteiger partial charge in [-0.25, -0.2) is 4.98 Å².